The van der Waals surface area contributed by atoms with Crippen LogP contribution in [-0.2, 0) is 0 Å². The minimum Gasteiger partial charge on any atom is -0.387 e. The summed E-state index contributed by atoms with van der Waals surface area (Å²) in [5.74, 6) is 0. The van der Waals surface area contributed by atoms with Crippen LogP contribution >= 0.6 is 0 Å². The van der Waals surface area contributed by atoms with E-state index in [4.69, 9.17) is 5.26 Å². The number of hydrogen-bond acceptors (Lipinski definition) is 2. The van der Waals surface area contributed by atoms with Crippen molar-refractivity contribution in [3.8, 4) is 6.07 Å². The van der Waals surface area contributed by atoms with Gasteiger partial charge in [0.2, 0.25) is 0 Å². The smallest absolute Gasteiger partial charge is 0.0925 e. The summed E-state index contributed by atoms with van der Waals surface area (Å²) in [6, 6.07) is 2.01. The number of nitrogens with zero attached hydrogens (tertiary/aromatic N) is 1. The summed E-state index contributed by atoms with van der Waals surface area (Å²) in [4.78, 5) is 0. The second-order valence-electron chi connectivity index (χ2n) is 3.08. The van der Waals surface area contributed by atoms with Crippen LogP contribution in [-0.4, -0.2) is 11.2 Å². The fourth-order valence-corrected chi connectivity index (χ4v) is 0.677. The zero-order chi connectivity index (χ0) is 8.36. The maximum absolute atomic E-state index is 9.33. The minimum absolute atomic E-state index is 0.631. The molecule has 0 saturated heterocycles. The molecule has 0 heterocycles. The SMILES string of the molecule is C=C(C)C(O)C(C)(C)C#N. The molecule has 0 aromatic carbocycles. The van der Waals surface area contributed by atoms with Crippen molar-refractivity contribution in [1.29, 1.82) is 5.26 Å². The van der Waals surface area contributed by atoms with Crippen LogP contribution in [0.2, 0.25) is 0 Å². The summed E-state index contributed by atoms with van der Waals surface area (Å²) in [6.07, 6.45) is -0.725. The van der Waals surface area contributed by atoms with E-state index >= 15 is 0 Å². The highest BCUT2D eigenvalue weighted by molar-refractivity contribution is 5.10. The summed E-state index contributed by atoms with van der Waals surface area (Å²) in [6.45, 7) is 8.65. The molecule has 0 aliphatic heterocycles. The average Bonchev–Trinajstić information content (AvgIpc) is 1.86. The second kappa shape index (κ2) is 2.85. The zero-order valence-electron chi connectivity index (χ0n) is 6.68. The summed E-state index contributed by atoms with van der Waals surface area (Å²) in [5.41, 5.74) is -0.0854. The first-order valence-electron chi connectivity index (χ1n) is 3.16. The number of nitriles is 1. The first-order valence-corrected chi connectivity index (χ1v) is 3.16. The summed E-state index contributed by atoms with van der Waals surface area (Å²) >= 11 is 0. The fraction of sp³-hybridized carbons (Fsp3) is 0.625. The van der Waals surface area contributed by atoms with Gasteiger partial charge in [0.05, 0.1) is 17.6 Å². The molecule has 0 aliphatic rings. The van der Waals surface area contributed by atoms with Crippen LogP contribution in [0.5, 0.6) is 0 Å². The van der Waals surface area contributed by atoms with Gasteiger partial charge in [-0.25, -0.2) is 0 Å². The van der Waals surface area contributed by atoms with Crippen LogP contribution < -0.4 is 0 Å². The lowest BCUT2D eigenvalue weighted by atomic mass is 9.85. The molecule has 0 radical (unpaired) electrons. The maximum Gasteiger partial charge on any atom is 0.0925 e. The zero-order valence-corrected chi connectivity index (χ0v) is 6.68. The Bertz CT molecular complexity index is 176. The monoisotopic (exact) mass is 139 g/mol. The van der Waals surface area contributed by atoms with Crippen molar-refractivity contribution < 1.29 is 5.11 Å². The van der Waals surface area contributed by atoms with Gasteiger partial charge in [-0.15, -0.1) is 0 Å². The summed E-state index contributed by atoms with van der Waals surface area (Å²) in [7, 11) is 0. The van der Waals surface area contributed by atoms with E-state index in [1.165, 1.54) is 0 Å². The van der Waals surface area contributed by atoms with E-state index in [9.17, 15) is 5.11 Å². The predicted octanol–water partition coefficient (Wildman–Crippen LogP) is 1.47. The van der Waals surface area contributed by atoms with E-state index < -0.39 is 11.5 Å². The topological polar surface area (TPSA) is 44.0 Å². The Morgan fingerprint density at radius 1 is 1.70 bits per heavy atom. The highest BCUT2D eigenvalue weighted by atomic mass is 16.3. The van der Waals surface area contributed by atoms with E-state index in [1.54, 1.807) is 20.8 Å². The molecule has 0 fully saturated rings. The third kappa shape index (κ3) is 1.85. The first kappa shape index (κ1) is 9.19. The standard InChI is InChI=1S/C8H13NO/c1-6(2)7(10)8(3,4)5-9/h7,10H,1H2,2-4H3. The lowest BCUT2D eigenvalue weighted by Gasteiger charge is -2.22. The highest BCUT2D eigenvalue weighted by Gasteiger charge is 2.27. The Morgan fingerprint density at radius 2 is 2.10 bits per heavy atom. The van der Waals surface area contributed by atoms with Crippen molar-refractivity contribution in [2.24, 2.45) is 5.41 Å². The van der Waals surface area contributed by atoms with Crippen LogP contribution in [0.4, 0.5) is 0 Å². The van der Waals surface area contributed by atoms with Gasteiger partial charge in [-0.05, 0) is 20.8 Å². The lowest BCUT2D eigenvalue weighted by Crippen LogP contribution is -2.28. The molecule has 2 heteroatoms. The van der Waals surface area contributed by atoms with Crippen LogP contribution in [0.25, 0.3) is 0 Å². The normalized spacial score (nSPS) is 13.9. The van der Waals surface area contributed by atoms with E-state index in [2.05, 4.69) is 6.58 Å². The van der Waals surface area contributed by atoms with Crippen molar-refractivity contribution in [2.75, 3.05) is 0 Å². The van der Waals surface area contributed by atoms with Crippen LogP contribution in [0, 0.1) is 16.7 Å². The van der Waals surface area contributed by atoms with Crippen LogP contribution in [0.3, 0.4) is 0 Å². The number of hydrogen-bond donors (Lipinski definition) is 1. The van der Waals surface area contributed by atoms with Gasteiger partial charge in [0.1, 0.15) is 0 Å². The summed E-state index contributed by atoms with van der Waals surface area (Å²) in [5, 5.41) is 17.9. The number of aliphatic hydroxyl groups is 1. The Balaban J connectivity index is 4.37. The number of rotatable bonds is 2. The van der Waals surface area contributed by atoms with Crippen molar-refractivity contribution in [2.45, 2.75) is 26.9 Å². The highest BCUT2D eigenvalue weighted by Crippen LogP contribution is 2.23. The Labute approximate surface area is 61.8 Å². The predicted molar refractivity (Wildman–Crippen MR) is 40.2 cm³/mol. The third-order valence-electron chi connectivity index (χ3n) is 1.44. The quantitative estimate of drug-likeness (QED) is 0.589. The Kier molecular flexibility index (Phi) is 2.62. The molecule has 1 atom stereocenters. The van der Waals surface area contributed by atoms with Crippen LogP contribution in [0.1, 0.15) is 20.8 Å². The minimum atomic E-state index is -0.725. The van der Waals surface area contributed by atoms with Gasteiger partial charge in [-0.3, -0.25) is 0 Å². The molecule has 0 spiro atoms. The largest absolute Gasteiger partial charge is 0.387 e. The Hall–Kier alpha value is -0.810. The van der Waals surface area contributed by atoms with Crippen molar-refractivity contribution >= 4 is 0 Å². The third-order valence-corrected chi connectivity index (χ3v) is 1.44. The van der Waals surface area contributed by atoms with E-state index in [0.717, 1.165) is 0 Å². The second-order valence-corrected chi connectivity index (χ2v) is 3.08. The molecule has 0 rings (SSSR count). The fourth-order valence-electron chi connectivity index (χ4n) is 0.677. The van der Waals surface area contributed by atoms with Crippen molar-refractivity contribution in [3.05, 3.63) is 12.2 Å². The molecule has 1 unspecified atom stereocenters. The van der Waals surface area contributed by atoms with Crippen molar-refractivity contribution in [3.63, 3.8) is 0 Å². The first-order chi connectivity index (χ1) is 4.41. The van der Waals surface area contributed by atoms with Gasteiger partial charge in [-0.2, -0.15) is 5.26 Å². The van der Waals surface area contributed by atoms with Gasteiger partial charge in [0.15, 0.2) is 0 Å². The molecule has 0 aromatic rings. The average molecular weight is 139 g/mol. The van der Waals surface area contributed by atoms with Gasteiger partial charge >= 0.3 is 0 Å². The van der Waals surface area contributed by atoms with Crippen molar-refractivity contribution in [1.82, 2.24) is 0 Å². The molecule has 1 N–H and O–H groups in total. The molecule has 0 aliphatic carbocycles. The molecule has 10 heavy (non-hydrogen) atoms. The van der Waals surface area contributed by atoms with Gasteiger partial charge in [0, 0.05) is 0 Å². The summed E-state index contributed by atoms with van der Waals surface area (Å²) < 4.78 is 0. The van der Waals surface area contributed by atoms with Gasteiger partial charge in [0.25, 0.3) is 0 Å². The van der Waals surface area contributed by atoms with Crippen LogP contribution in [0.15, 0.2) is 12.2 Å². The van der Waals surface area contributed by atoms with Gasteiger partial charge < -0.3 is 5.11 Å². The van der Waals surface area contributed by atoms with E-state index in [1.807, 2.05) is 6.07 Å². The molecule has 56 valence electrons. The molecule has 0 saturated carbocycles. The molecular weight excluding hydrogens is 126 g/mol. The molecule has 2 nitrogen and oxygen atoms in total. The van der Waals surface area contributed by atoms with E-state index in [0.29, 0.717) is 5.57 Å². The molecule has 0 amide bonds. The molecule has 0 bridgehead atoms. The van der Waals surface area contributed by atoms with E-state index in [-0.39, 0.29) is 0 Å². The van der Waals surface area contributed by atoms with Gasteiger partial charge in [-0.1, -0.05) is 12.2 Å². The maximum atomic E-state index is 9.33. The Morgan fingerprint density at radius 3 is 2.20 bits per heavy atom. The molecule has 0 aromatic heterocycles. The molecular formula is C8H13NO. The lowest BCUT2D eigenvalue weighted by molar-refractivity contribution is 0.120. The number of aliphatic hydroxyl groups excluding tert-OH is 1.